The number of hydrogen-bond donors (Lipinski definition) is 2. The number of carbonyl (C=O) groups is 3. The van der Waals surface area contributed by atoms with E-state index in [1.807, 2.05) is 13.0 Å². The molecule has 3 amide bonds. The molecule has 2 aliphatic rings. The van der Waals surface area contributed by atoms with Crippen molar-refractivity contribution in [3.63, 3.8) is 0 Å². The zero-order chi connectivity index (χ0) is 16.6. The number of amides is 3. The summed E-state index contributed by atoms with van der Waals surface area (Å²) in [5, 5.41) is 5.67. The van der Waals surface area contributed by atoms with Crippen molar-refractivity contribution in [1.82, 2.24) is 15.5 Å². The van der Waals surface area contributed by atoms with Crippen LogP contribution in [0.5, 0.6) is 0 Å². The molecule has 2 fully saturated rings. The minimum Gasteiger partial charge on any atom is -0.347 e. The largest absolute Gasteiger partial charge is 0.347 e. The van der Waals surface area contributed by atoms with Gasteiger partial charge in [0, 0.05) is 22.6 Å². The smallest absolute Gasteiger partial charge is 0.251 e. The molecule has 23 heavy (non-hydrogen) atoms. The van der Waals surface area contributed by atoms with Crippen molar-refractivity contribution in [1.29, 1.82) is 0 Å². The van der Waals surface area contributed by atoms with Gasteiger partial charge >= 0.3 is 0 Å². The molecule has 3 rings (SSSR count). The number of halogens is 1. The Morgan fingerprint density at radius 2 is 2.22 bits per heavy atom. The second kappa shape index (κ2) is 6.31. The fourth-order valence-corrected chi connectivity index (χ4v) is 3.54. The third-order valence-electron chi connectivity index (χ3n) is 4.33. The second-order valence-corrected chi connectivity index (χ2v) is 6.81. The number of hydrogen-bond acceptors (Lipinski definition) is 3. The van der Waals surface area contributed by atoms with E-state index in [1.165, 1.54) is 0 Å². The molecule has 1 aromatic carbocycles. The van der Waals surface area contributed by atoms with Crippen LogP contribution >= 0.6 is 15.9 Å². The van der Waals surface area contributed by atoms with Gasteiger partial charge in [-0.05, 0) is 31.0 Å². The van der Waals surface area contributed by atoms with Crippen LogP contribution in [0, 0.1) is 0 Å². The van der Waals surface area contributed by atoms with Gasteiger partial charge in [-0.2, -0.15) is 0 Å². The van der Waals surface area contributed by atoms with Gasteiger partial charge in [0.15, 0.2) is 0 Å². The van der Waals surface area contributed by atoms with Crippen LogP contribution in [0.25, 0.3) is 0 Å². The quantitative estimate of drug-likeness (QED) is 0.823. The Labute approximate surface area is 142 Å². The molecule has 0 unspecified atom stereocenters. The third kappa shape index (κ3) is 3.10. The van der Waals surface area contributed by atoms with E-state index in [-0.39, 0.29) is 23.8 Å². The summed E-state index contributed by atoms with van der Waals surface area (Å²) < 4.78 is 0.828. The molecule has 0 bridgehead atoms. The zero-order valence-corrected chi connectivity index (χ0v) is 14.3. The molecule has 6 nitrogen and oxygen atoms in total. The molecule has 0 saturated carbocycles. The van der Waals surface area contributed by atoms with Gasteiger partial charge in [-0.15, -0.1) is 0 Å². The van der Waals surface area contributed by atoms with Crippen LogP contribution in [0.4, 0.5) is 0 Å². The Morgan fingerprint density at radius 3 is 2.91 bits per heavy atom. The highest BCUT2D eigenvalue weighted by molar-refractivity contribution is 9.10. The minimum atomic E-state index is -0.474. The van der Waals surface area contributed by atoms with Gasteiger partial charge in [0.05, 0.1) is 0 Å². The molecule has 2 heterocycles. The Morgan fingerprint density at radius 1 is 1.43 bits per heavy atom. The van der Waals surface area contributed by atoms with Crippen LogP contribution in [-0.2, 0) is 9.59 Å². The van der Waals surface area contributed by atoms with Crippen LogP contribution < -0.4 is 10.6 Å². The van der Waals surface area contributed by atoms with E-state index in [0.717, 1.165) is 4.47 Å². The highest BCUT2D eigenvalue weighted by Gasteiger charge is 2.46. The summed E-state index contributed by atoms with van der Waals surface area (Å²) >= 11 is 3.34. The summed E-state index contributed by atoms with van der Waals surface area (Å²) in [6, 6.07) is 5.98. The molecule has 2 N–H and O–H groups in total. The summed E-state index contributed by atoms with van der Waals surface area (Å²) in [5.74, 6) is -0.386. The van der Waals surface area contributed by atoms with E-state index >= 15 is 0 Å². The molecule has 122 valence electrons. The molecule has 0 spiro atoms. The van der Waals surface area contributed by atoms with Crippen molar-refractivity contribution in [2.75, 3.05) is 6.54 Å². The number of benzene rings is 1. The van der Waals surface area contributed by atoms with Crippen LogP contribution in [-0.4, -0.2) is 47.3 Å². The SMILES string of the molecule is CC[C@@H]1NC(=O)[C@@H]2C[C@H](NC(=O)c3cccc(Br)c3)CN2C1=O. The lowest BCUT2D eigenvalue weighted by molar-refractivity contribution is -0.147. The number of piperazine rings is 1. The molecule has 0 radical (unpaired) electrons. The molecular weight excluding hydrogens is 362 g/mol. The average Bonchev–Trinajstić information content (AvgIpc) is 2.95. The number of carbonyl (C=O) groups excluding carboxylic acids is 3. The monoisotopic (exact) mass is 379 g/mol. The van der Waals surface area contributed by atoms with Gasteiger partial charge in [-0.25, -0.2) is 0 Å². The summed E-state index contributed by atoms with van der Waals surface area (Å²) in [4.78, 5) is 38.3. The third-order valence-corrected chi connectivity index (χ3v) is 4.82. The fourth-order valence-electron chi connectivity index (χ4n) is 3.14. The summed E-state index contributed by atoms with van der Waals surface area (Å²) in [6.45, 7) is 2.25. The van der Waals surface area contributed by atoms with E-state index in [9.17, 15) is 14.4 Å². The van der Waals surface area contributed by atoms with E-state index < -0.39 is 12.1 Å². The first-order valence-electron chi connectivity index (χ1n) is 7.67. The lowest BCUT2D eigenvalue weighted by Crippen LogP contribution is -2.60. The molecular formula is C16H18BrN3O3. The zero-order valence-electron chi connectivity index (χ0n) is 12.7. The molecule has 1 aromatic rings. The van der Waals surface area contributed by atoms with E-state index in [0.29, 0.717) is 24.9 Å². The normalized spacial score (nSPS) is 26.7. The van der Waals surface area contributed by atoms with Gasteiger partial charge in [0.25, 0.3) is 5.91 Å². The number of fused-ring (bicyclic) bond motifs is 1. The Balaban J connectivity index is 1.69. The molecule has 3 atom stereocenters. The maximum absolute atomic E-state index is 12.3. The molecule has 0 aromatic heterocycles. The lowest BCUT2D eigenvalue weighted by atomic mass is 10.1. The number of nitrogens with zero attached hydrogens (tertiary/aromatic N) is 1. The van der Waals surface area contributed by atoms with Crippen LogP contribution in [0.3, 0.4) is 0 Å². The Bertz CT molecular complexity index is 664. The first kappa shape index (κ1) is 16.0. The molecule has 7 heteroatoms. The van der Waals surface area contributed by atoms with Crippen molar-refractivity contribution >= 4 is 33.7 Å². The standard InChI is InChI=1S/C16H18BrN3O3/c1-2-12-16(23)20-8-11(7-13(20)15(22)19-12)18-14(21)9-4-3-5-10(17)6-9/h3-6,11-13H,2,7-8H2,1H3,(H,18,21)(H,19,22)/t11-,12-,13-/m0/s1. The van der Waals surface area contributed by atoms with Gasteiger partial charge in [0.1, 0.15) is 12.1 Å². The van der Waals surface area contributed by atoms with Crippen molar-refractivity contribution < 1.29 is 14.4 Å². The second-order valence-electron chi connectivity index (χ2n) is 5.89. The summed E-state index contributed by atoms with van der Waals surface area (Å²) in [6.07, 6.45) is 1.02. The minimum absolute atomic E-state index is 0.0590. The molecule has 2 aliphatic heterocycles. The predicted molar refractivity (Wildman–Crippen MR) is 87.7 cm³/mol. The van der Waals surface area contributed by atoms with Gasteiger partial charge < -0.3 is 15.5 Å². The van der Waals surface area contributed by atoms with Crippen molar-refractivity contribution in [3.8, 4) is 0 Å². The molecule has 0 aliphatic carbocycles. The van der Waals surface area contributed by atoms with Crippen molar-refractivity contribution in [2.24, 2.45) is 0 Å². The van der Waals surface area contributed by atoms with Crippen LogP contribution in [0.15, 0.2) is 28.7 Å². The molecule has 2 saturated heterocycles. The first-order chi connectivity index (χ1) is 11.0. The van der Waals surface area contributed by atoms with Crippen molar-refractivity contribution in [3.05, 3.63) is 34.3 Å². The van der Waals surface area contributed by atoms with Gasteiger partial charge in [0.2, 0.25) is 11.8 Å². The Hall–Kier alpha value is -1.89. The highest BCUT2D eigenvalue weighted by atomic mass is 79.9. The fraction of sp³-hybridized carbons (Fsp3) is 0.438. The maximum Gasteiger partial charge on any atom is 0.251 e. The topological polar surface area (TPSA) is 78.5 Å². The van der Waals surface area contributed by atoms with Gasteiger partial charge in [-0.1, -0.05) is 28.9 Å². The summed E-state index contributed by atoms with van der Waals surface area (Å²) in [7, 11) is 0. The number of nitrogens with one attached hydrogen (secondary N) is 2. The Kier molecular flexibility index (Phi) is 4.39. The number of rotatable bonds is 3. The predicted octanol–water partition coefficient (Wildman–Crippen LogP) is 1.06. The maximum atomic E-state index is 12.3. The highest BCUT2D eigenvalue weighted by Crippen LogP contribution is 2.24. The van der Waals surface area contributed by atoms with E-state index in [4.69, 9.17) is 0 Å². The van der Waals surface area contributed by atoms with E-state index in [2.05, 4.69) is 26.6 Å². The van der Waals surface area contributed by atoms with E-state index in [1.54, 1.807) is 23.1 Å². The van der Waals surface area contributed by atoms with Gasteiger partial charge in [-0.3, -0.25) is 14.4 Å². The van der Waals surface area contributed by atoms with Crippen LogP contribution in [0.2, 0.25) is 0 Å². The van der Waals surface area contributed by atoms with Crippen LogP contribution in [0.1, 0.15) is 30.1 Å². The average molecular weight is 380 g/mol. The first-order valence-corrected chi connectivity index (χ1v) is 8.46. The summed E-state index contributed by atoms with van der Waals surface area (Å²) in [5.41, 5.74) is 0.548. The lowest BCUT2D eigenvalue weighted by Gasteiger charge is -2.33. The van der Waals surface area contributed by atoms with Crippen molar-refractivity contribution in [2.45, 2.75) is 37.9 Å².